The lowest BCUT2D eigenvalue weighted by Gasteiger charge is -2.22. The van der Waals surface area contributed by atoms with Crippen molar-refractivity contribution in [3.05, 3.63) is 17.0 Å². The number of nitrogens with zero attached hydrogens (tertiary/aromatic N) is 3. The van der Waals surface area contributed by atoms with Crippen molar-refractivity contribution in [2.45, 2.75) is 32.7 Å². The number of amides is 1. The Hall–Kier alpha value is -1.36. The highest BCUT2D eigenvalue weighted by Gasteiger charge is 2.23. The quantitative estimate of drug-likeness (QED) is 0.850. The lowest BCUT2D eigenvalue weighted by atomic mass is 10.2. The Morgan fingerprint density at radius 1 is 1.44 bits per heavy atom. The van der Waals surface area contributed by atoms with Gasteiger partial charge >= 0.3 is 0 Å². The molecule has 0 spiro atoms. The summed E-state index contributed by atoms with van der Waals surface area (Å²) in [5, 5.41) is 3.51. The van der Waals surface area contributed by atoms with Gasteiger partial charge in [0.05, 0.1) is 0 Å². The van der Waals surface area contributed by atoms with E-state index < -0.39 is 0 Å². The summed E-state index contributed by atoms with van der Waals surface area (Å²) in [6, 6.07) is -0.298. The molecular formula is C12H17ClN4O. The first-order valence-corrected chi connectivity index (χ1v) is 6.50. The largest absolute Gasteiger partial charge is 0.358 e. The number of nitrogens with one attached hydrogen (secondary N) is 1. The van der Waals surface area contributed by atoms with E-state index in [0.717, 1.165) is 31.5 Å². The van der Waals surface area contributed by atoms with Gasteiger partial charge in [-0.25, -0.2) is 9.97 Å². The number of rotatable bonds is 3. The van der Waals surface area contributed by atoms with E-state index >= 15 is 0 Å². The minimum Gasteiger partial charge on any atom is -0.358 e. The molecule has 2 rings (SSSR count). The van der Waals surface area contributed by atoms with Gasteiger partial charge in [0.25, 0.3) is 0 Å². The van der Waals surface area contributed by atoms with Gasteiger partial charge in [0.15, 0.2) is 0 Å². The summed E-state index contributed by atoms with van der Waals surface area (Å²) in [5.74, 6) is 0.733. The second-order valence-corrected chi connectivity index (χ2v) is 4.89. The SMILES string of the molecule is Cc1c(Cl)ncnc1NC(C)C(=O)N1CCCC1. The van der Waals surface area contributed by atoms with E-state index in [9.17, 15) is 4.79 Å². The van der Waals surface area contributed by atoms with Crippen molar-refractivity contribution in [3.8, 4) is 0 Å². The van der Waals surface area contributed by atoms with E-state index in [1.807, 2.05) is 18.7 Å². The maximum absolute atomic E-state index is 12.1. The summed E-state index contributed by atoms with van der Waals surface area (Å²) in [4.78, 5) is 22.0. The molecule has 1 fully saturated rings. The predicted octanol–water partition coefficient (Wildman–Crippen LogP) is 1.86. The van der Waals surface area contributed by atoms with Crippen molar-refractivity contribution in [3.63, 3.8) is 0 Å². The maximum atomic E-state index is 12.1. The minimum atomic E-state index is -0.298. The lowest BCUT2D eigenvalue weighted by Crippen LogP contribution is -2.39. The summed E-state index contributed by atoms with van der Waals surface area (Å²) >= 11 is 5.92. The zero-order valence-corrected chi connectivity index (χ0v) is 11.4. The zero-order chi connectivity index (χ0) is 13.1. The van der Waals surface area contributed by atoms with Crippen molar-refractivity contribution in [1.82, 2.24) is 14.9 Å². The number of hydrogen-bond donors (Lipinski definition) is 1. The van der Waals surface area contributed by atoms with Crippen LogP contribution in [-0.2, 0) is 4.79 Å². The number of anilines is 1. The molecule has 0 aliphatic carbocycles. The normalized spacial score (nSPS) is 16.7. The van der Waals surface area contributed by atoms with Crippen molar-refractivity contribution < 1.29 is 4.79 Å². The highest BCUT2D eigenvalue weighted by Crippen LogP contribution is 2.19. The smallest absolute Gasteiger partial charge is 0.244 e. The van der Waals surface area contributed by atoms with Crippen molar-refractivity contribution in [2.24, 2.45) is 0 Å². The van der Waals surface area contributed by atoms with Gasteiger partial charge in [0.2, 0.25) is 5.91 Å². The van der Waals surface area contributed by atoms with Crippen LogP contribution in [-0.4, -0.2) is 39.9 Å². The highest BCUT2D eigenvalue weighted by molar-refractivity contribution is 6.30. The molecule has 0 aromatic carbocycles. The molecule has 1 atom stereocenters. The predicted molar refractivity (Wildman–Crippen MR) is 70.7 cm³/mol. The van der Waals surface area contributed by atoms with Crippen LogP contribution in [0.3, 0.4) is 0 Å². The summed E-state index contributed by atoms with van der Waals surface area (Å²) < 4.78 is 0. The summed E-state index contributed by atoms with van der Waals surface area (Å²) in [6.45, 7) is 5.39. The van der Waals surface area contributed by atoms with Crippen LogP contribution in [0, 0.1) is 6.92 Å². The molecule has 1 aliphatic rings. The van der Waals surface area contributed by atoms with Gasteiger partial charge in [-0.2, -0.15) is 0 Å². The van der Waals surface area contributed by atoms with Crippen LogP contribution >= 0.6 is 11.6 Å². The standard InChI is InChI=1S/C12H17ClN4O/c1-8-10(13)14-7-15-11(8)16-9(2)12(18)17-5-3-4-6-17/h7,9H,3-6H2,1-2H3,(H,14,15,16). The first-order valence-electron chi connectivity index (χ1n) is 6.12. The van der Waals surface area contributed by atoms with Crippen LogP contribution in [0.2, 0.25) is 5.15 Å². The van der Waals surface area contributed by atoms with Crippen LogP contribution in [0.1, 0.15) is 25.3 Å². The number of carbonyl (C=O) groups is 1. The Morgan fingerprint density at radius 3 is 2.78 bits per heavy atom. The Labute approximate surface area is 112 Å². The van der Waals surface area contributed by atoms with Gasteiger partial charge in [-0.1, -0.05) is 11.6 Å². The van der Waals surface area contributed by atoms with E-state index in [1.165, 1.54) is 6.33 Å². The number of hydrogen-bond acceptors (Lipinski definition) is 4. The Balaban J connectivity index is 2.04. The maximum Gasteiger partial charge on any atom is 0.244 e. The van der Waals surface area contributed by atoms with Crippen LogP contribution in [0.4, 0.5) is 5.82 Å². The summed E-state index contributed by atoms with van der Waals surface area (Å²) in [7, 11) is 0. The first-order chi connectivity index (χ1) is 8.59. The molecule has 1 aromatic rings. The van der Waals surface area contributed by atoms with Gasteiger partial charge in [0.1, 0.15) is 23.3 Å². The fourth-order valence-electron chi connectivity index (χ4n) is 2.05. The minimum absolute atomic E-state index is 0.113. The fraction of sp³-hybridized carbons (Fsp3) is 0.583. The van der Waals surface area contributed by atoms with Crippen molar-refractivity contribution in [1.29, 1.82) is 0 Å². The first kappa shape index (κ1) is 13.1. The fourth-order valence-corrected chi connectivity index (χ4v) is 2.19. The zero-order valence-electron chi connectivity index (χ0n) is 10.6. The van der Waals surface area contributed by atoms with Crippen molar-refractivity contribution >= 4 is 23.3 Å². The average molecular weight is 269 g/mol. The average Bonchev–Trinajstić information content (AvgIpc) is 2.87. The highest BCUT2D eigenvalue weighted by atomic mass is 35.5. The molecule has 1 aromatic heterocycles. The third-order valence-electron chi connectivity index (χ3n) is 3.16. The number of carbonyl (C=O) groups excluding carboxylic acids is 1. The molecule has 1 N–H and O–H groups in total. The molecule has 1 amide bonds. The van der Waals surface area contributed by atoms with Crippen LogP contribution in [0.15, 0.2) is 6.33 Å². The number of halogens is 1. The molecular weight excluding hydrogens is 252 g/mol. The van der Waals surface area contributed by atoms with E-state index in [-0.39, 0.29) is 11.9 Å². The summed E-state index contributed by atoms with van der Waals surface area (Å²) in [6.07, 6.45) is 3.58. The van der Waals surface area contributed by atoms with Gasteiger partial charge in [-0.3, -0.25) is 4.79 Å². The van der Waals surface area contributed by atoms with Gasteiger partial charge in [0, 0.05) is 18.7 Å². The van der Waals surface area contributed by atoms with Crippen LogP contribution < -0.4 is 5.32 Å². The van der Waals surface area contributed by atoms with Crippen molar-refractivity contribution in [2.75, 3.05) is 18.4 Å². The van der Waals surface area contributed by atoms with Crippen LogP contribution in [0.25, 0.3) is 0 Å². The second-order valence-electron chi connectivity index (χ2n) is 4.54. The van der Waals surface area contributed by atoms with Gasteiger partial charge < -0.3 is 10.2 Å². The monoisotopic (exact) mass is 268 g/mol. The molecule has 5 nitrogen and oxygen atoms in total. The Morgan fingerprint density at radius 2 is 2.11 bits per heavy atom. The van der Waals surface area contributed by atoms with E-state index in [2.05, 4.69) is 15.3 Å². The lowest BCUT2D eigenvalue weighted by molar-refractivity contribution is -0.130. The molecule has 98 valence electrons. The number of likely N-dealkylation sites (tertiary alicyclic amines) is 1. The Kier molecular flexibility index (Phi) is 4.01. The van der Waals surface area contributed by atoms with Gasteiger partial charge in [-0.15, -0.1) is 0 Å². The third kappa shape index (κ3) is 2.72. The molecule has 0 radical (unpaired) electrons. The topological polar surface area (TPSA) is 58.1 Å². The molecule has 1 saturated heterocycles. The molecule has 2 heterocycles. The molecule has 1 unspecified atom stereocenters. The molecule has 18 heavy (non-hydrogen) atoms. The van der Waals surface area contributed by atoms with Gasteiger partial charge in [-0.05, 0) is 26.7 Å². The Bertz CT molecular complexity index is 446. The molecule has 6 heteroatoms. The molecule has 1 aliphatic heterocycles. The number of aromatic nitrogens is 2. The summed E-state index contributed by atoms with van der Waals surface area (Å²) in [5.41, 5.74) is 0.764. The third-order valence-corrected chi connectivity index (χ3v) is 3.55. The van der Waals surface area contributed by atoms with E-state index in [1.54, 1.807) is 0 Å². The van der Waals surface area contributed by atoms with Crippen LogP contribution in [0.5, 0.6) is 0 Å². The second kappa shape index (κ2) is 5.52. The molecule has 0 bridgehead atoms. The molecule has 0 saturated carbocycles. The van der Waals surface area contributed by atoms with E-state index in [0.29, 0.717) is 11.0 Å². The van der Waals surface area contributed by atoms with E-state index in [4.69, 9.17) is 11.6 Å².